The third kappa shape index (κ3) is 4.00. The monoisotopic (exact) mass is 439 g/mol. The van der Waals surface area contributed by atoms with Gasteiger partial charge in [0.25, 0.3) is 5.91 Å². The van der Waals surface area contributed by atoms with Crippen LogP contribution < -0.4 is 15.4 Å². The number of aromatic amines is 1. The number of nitrogens with one attached hydrogen (secondary N) is 3. The zero-order valence-corrected chi connectivity index (χ0v) is 17.7. The van der Waals surface area contributed by atoms with Gasteiger partial charge in [0.15, 0.2) is 0 Å². The minimum absolute atomic E-state index is 0.0814. The van der Waals surface area contributed by atoms with Crippen molar-refractivity contribution in [2.24, 2.45) is 0 Å². The second-order valence-electron chi connectivity index (χ2n) is 7.03. The number of halogens is 1. The predicted molar refractivity (Wildman–Crippen MR) is 116 cm³/mol. The number of ether oxygens (including phenoxy) is 2. The van der Waals surface area contributed by atoms with E-state index >= 15 is 0 Å². The van der Waals surface area contributed by atoms with E-state index in [0.717, 1.165) is 0 Å². The van der Waals surface area contributed by atoms with Crippen LogP contribution in [0.15, 0.2) is 18.3 Å². The van der Waals surface area contributed by atoms with E-state index in [-0.39, 0.29) is 22.9 Å². The number of H-pyrrole nitrogens is 1. The van der Waals surface area contributed by atoms with Gasteiger partial charge in [0.05, 0.1) is 42.5 Å². The van der Waals surface area contributed by atoms with Crippen molar-refractivity contribution in [1.29, 1.82) is 5.26 Å². The number of hydrogen-bond donors (Lipinski definition) is 3. The van der Waals surface area contributed by atoms with Crippen LogP contribution in [0.25, 0.3) is 11.0 Å². The highest BCUT2D eigenvalue weighted by molar-refractivity contribution is 5.96. The highest BCUT2D eigenvalue weighted by atomic mass is 19.1. The number of morpholine rings is 1. The molecule has 10 nitrogen and oxygen atoms in total. The topological polar surface area (TPSA) is 128 Å². The minimum atomic E-state index is -0.690. The van der Waals surface area contributed by atoms with E-state index < -0.39 is 11.7 Å². The smallest absolute Gasteiger partial charge is 0.257 e. The fourth-order valence-electron chi connectivity index (χ4n) is 3.51. The Bertz CT molecular complexity index is 1200. The number of carbonyl (C=O) groups excluding carboxylic acids is 1. The lowest BCUT2D eigenvalue weighted by Crippen LogP contribution is -2.41. The molecule has 0 saturated carbocycles. The number of carbonyl (C=O) groups is 1. The largest absolute Gasteiger partial charge is 0.495 e. The molecule has 3 aromatic rings. The number of rotatable bonds is 6. The summed E-state index contributed by atoms with van der Waals surface area (Å²) < 4.78 is 25.5. The molecule has 0 bridgehead atoms. The van der Waals surface area contributed by atoms with E-state index in [4.69, 9.17) is 9.47 Å². The molecule has 0 aliphatic carbocycles. The van der Waals surface area contributed by atoms with Crippen LogP contribution in [0, 0.1) is 17.1 Å². The molecular formula is C21H22FN7O3. The first-order chi connectivity index (χ1) is 15.5. The Morgan fingerprint density at radius 1 is 1.38 bits per heavy atom. The number of benzene rings is 1. The maximum absolute atomic E-state index is 14.9. The van der Waals surface area contributed by atoms with Crippen LogP contribution in [-0.4, -0.2) is 65.7 Å². The Balaban J connectivity index is 1.68. The summed E-state index contributed by atoms with van der Waals surface area (Å²) in [7, 11) is 1.43. The molecule has 2 aromatic heterocycles. The number of nitrogens with zero attached hydrogens (tertiary/aromatic N) is 4. The first-order valence-corrected chi connectivity index (χ1v) is 10.1. The highest BCUT2D eigenvalue weighted by Gasteiger charge is 2.24. The van der Waals surface area contributed by atoms with Crippen molar-refractivity contribution < 1.29 is 18.7 Å². The molecule has 0 radical (unpaired) electrons. The van der Waals surface area contributed by atoms with Gasteiger partial charge in [-0.2, -0.15) is 15.2 Å². The van der Waals surface area contributed by atoms with Gasteiger partial charge < -0.3 is 30.0 Å². The molecule has 1 aromatic carbocycles. The van der Waals surface area contributed by atoms with E-state index in [1.165, 1.54) is 19.2 Å². The Kier molecular flexibility index (Phi) is 6.04. The average molecular weight is 439 g/mol. The van der Waals surface area contributed by atoms with Crippen molar-refractivity contribution in [2.45, 2.75) is 6.92 Å². The van der Waals surface area contributed by atoms with Crippen LogP contribution in [-0.2, 0) is 4.74 Å². The fraction of sp³-hybridized carbons (Fsp3) is 0.333. The summed E-state index contributed by atoms with van der Waals surface area (Å²) in [4.78, 5) is 26.0. The Morgan fingerprint density at radius 2 is 2.16 bits per heavy atom. The predicted octanol–water partition coefficient (Wildman–Crippen LogP) is 2.63. The third-order valence-electron chi connectivity index (χ3n) is 5.06. The van der Waals surface area contributed by atoms with Gasteiger partial charge in [0, 0.05) is 31.9 Å². The molecule has 166 valence electrons. The first kappa shape index (κ1) is 21.3. The zero-order chi connectivity index (χ0) is 22.7. The molecule has 0 spiro atoms. The molecule has 0 unspecified atom stereocenters. The summed E-state index contributed by atoms with van der Waals surface area (Å²) >= 11 is 0. The maximum Gasteiger partial charge on any atom is 0.257 e. The molecule has 1 saturated heterocycles. The average Bonchev–Trinajstić information content (AvgIpc) is 3.23. The molecule has 4 rings (SSSR count). The normalized spacial score (nSPS) is 13.6. The lowest BCUT2D eigenvalue weighted by molar-refractivity contribution is 0.0299. The molecule has 32 heavy (non-hydrogen) atoms. The van der Waals surface area contributed by atoms with Gasteiger partial charge >= 0.3 is 0 Å². The molecule has 1 amide bonds. The van der Waals surface area contributed by atoms with Gasteiger partial charge in [-0.05, 0) is 13.0 Å². The number of anilines is 3. The van der Waals surface area contributed by atoms with Crippen LogP contribution >= 0.6 is 0 Å². The summed E-state index contributed by atoms with van der Waals surface area (Å²) in [5.74, 6) is -0.204. The summed E-state index contributed by atoms with van der Waals surface area (Å²) in [6.45, 7) is 4.14. The number of nitriles is 1. The summed E-state index contributed by atoms with van der Waals surface area (Å²) in [5, 5.41) is 16.0. The Morgan fingerprint density at radius 3 is 2.84 bits per heavy atom. The quantitative estimate of drug-likeness (QED) is 0.535. The molecule has 1 fully saturated rings. The van der Waals surface area contributed by atoms with Gasteiger partial charge in [0.2, 0.25) is 5.95 Å². The van der Waals surface area contributed by atoms with Gasteiger partial charge in [0.1, 0.15) is 29.1 Å². The van der Waals surface area contributed by atoms with Gasteiger partial charge in [-0.3, -0.25) is 4.79 Å². The van der Waals surface area contributed by atoms with Crippen LogP contribution in [0.3, 0.4) is 0 Å². The molecule has 1 aliphatic heterocycles. The number of amides is 1. The van der Waals surface area contributed by atoms with Crippen molar-refractivity contribution in [3.05, 3.63) is 35.3 Å². The summed E-state index contributed by atoms with van der Waals surface area (Å²) in [6, 6.07) is 4.65. The van der Waals surface area contributed by atoms with Crippen LogP contribution in [0.1, 0.15) is 22.8 Å². The molecule has 3 heterocycles. The van der Waals surface area contributed by atoms with E-state index in [0.29, 0.717) is 55.3 Å². The van der Waals surface area contributed by atoms with Crippen molar-refractivity contribution in [1.82, 2.24) is 19.9 Å². The second kappa shape index (κ2) is 9.07. The van der Waals surface area contributed by atoms with E-state index in [1.807, 2.05) is 6.92 Å². The number of aromatic nitrogens is 3. The van der Waals surface area contributed by atoms with Gasteiger partial charge in [-0.25, -0.2) is 4.39 Å². The number of hydrogen-bond acceptors (Lipinski definition) is 8. The lowest BCUT2D eigenvalue weighted by atomic mass is 10.1. The molecule has 1 aliphatic rings. The number of fused-ring (bicyclic) bond motifs is 1. The first-order valence-electron chi connectivity index (χ1n) is 10.1. The Labute approximate surface area is 183 Å². The molecule has 11 heteroatoms. The van der Waals surface area contributed by atoms with Crippen molar-refractivity contribution in [2.75, 3.05) is 50.6 Å². The fourth-order valence-corrected chi connectivity index (χ4v) is 3.51. The minimum Gasteiger partial charge on any atom is -0.495 e. The molecule has 3 N–H and O–H groups in total. The molecule has 0 atom stereocenters. The SMILES string of the molecule is CCNc1nc(Nc2cc(F)c(C(=O)N3CCOCC3)cc2OC)nc2[nH]cc(C#N)c12. The molecular weight excluding hydrogens is 417 g/mol. The standard InChI is InChI=1S/C21H22FN7O3/c1-3-24-18-17-12(10-23)11-25-19(17)28-21(27-18)26-15-9-14(22)13(8-16(15)31-2)20(30)29-4-6-32-7-5-29/h8-9,11H,3-7H2,1-2H3,(H3,24,25,26,27,28). The van der Waals surface area contributed by atoms with Crippen LogP contribution in [0.5, 0.6) is 5.75 Å². The second-order valence-corrected chi connectivity index (χ2v) is 7.03. The summed E-state index contributed by atoms with van der Waals surface area (Å²) in [6.07, 6.45) is 1.55. The van der Waals surface area contributed by atoms with Gasteiger partial charge in [-0.1, -0.05) is 0 Å². The number of methoxy groups -OCH3 is 1. The maximum atomic E-state index is 14.9. The highest BCUT2D eigenvalue weighted by Crippen LogP contribution is 2.32. The van der Waals surface area contributed by atoms with E-state index in [2.05, 4.69) is 31.7 Å². The van der Waals surface area contributed by atoms with E-state index in [9.17, 15) is 14.4 Å². The lowest BCUT2D eigenvalue weighted by Gasteiger charge is -2.27. The summed E-state index contributed by atoms with van der Waals surface area (Å²) in [5.41, 5.74) is 1.05. The zero-order valence-electron chi connectivity index (χ0n) is 17.7. The van der Waals surface area contributed by atoms with Crippen molar-refractivity contribution in [3.63, 3.8) is 0 Å². The Hall–Kier alpha value is -3.91. The van der Waals surface area contributed by atoms with Crippen LogP contribution in [0.4, 0.5) is 21.8 Å². The van der Waals surface area contributed by atoms with E-state index in [1.54, 1.807) is 11.1 Å². The third-order valence-corrected chi connectivity index (χ3v) is 5.06. The van der Waals surface area contributed by atoms with Crippen molar-refractivity contribution in [3.8, 4) is 11.8 Å². The van der Waals surface area contributed by atoms with Crippen molar-refractivity contribution >= 4 is 34.4 Å². The van der Waals surface area contributed by atoms with Gasteiger partial charge in [-0.15, -0.1) is 0 Å². The van der Waals surface area contributed by atoms with Crippen LogP contribution in [0.2, 0.25) is 0 Å².